The lowest BCUT2D eigenvalue weighted by molar-refractivity contribution is 0.0757. The topological polar surface area (TPSA) is 87.9 Å². The van der Waals surface area contributed by atoms with Gasteiger partial charge in [-0.3, -0.25) is 9.78 Å². The van der Waals surface area contributed by atoms with Gasteiger partial charge in [0.1, 0.15) is 5.41 Å². The van der Waals surface area contributed by atoms with Crippen molar-refractivity contribution in [3.8, 4) is 17.3 Å². The molecule has 6 nitrogen and oxygen atoms in total. The molecule has 0 unspecified atom stereocenters. The van der Waals surface area contributed by atoms with Crippen LogP contribution in [-0.2, 0) is 16.8 Å². The van der Waals surface area contributed by atoms with Crippen molar-refractivity contribution < 1.29 is 9.53 Å². The molecule has 2 aromatic heterocycles. The molecule has 0 spiro atoms. The van der Waals surface area contributed by atoms with Crippen molar-refractivity contribution in [1.29, 1.82) is 5.26 Å². The summed E-state index contributed by atoms with van der Waals surface area (Å²) in [5.74, 6) is -0.213. The Morgan fingerprint density at radius 1 is 1.15 bits per heavy atom. The minimum absolute atomic E-state index is 0.213. The number of fused-ring (bicyclic) bond motifs is 2. The SMILES string of the molecule is C[C@H](NC(=O)c1ccc2c(c1)[C@](C)(C#N)COC2)c1cc2nc(-c3ccccc3)ccc2cn1. The number of nitrogens with one attached hydrogen (secondary N) is 1. The first-order valence-electron chi connectivity index (χ1n) is 11.2. The third-order valence-electron chi connectivity index (χ3n) is 6.32. The molecule has 0 saturated heterocycles. The highest BCUT2D eigenvalue weighted by atomic mass is 16.5. The van der Waals surface area contributed by atoms with Crippen LogP contribution in [-0.4, -0.2) is 22.5 Å². The fraction of sp³-hybridized carbons (Fsp3) is 0.214. The molecule has 0 saturated carbocycles. The highest BCUT2D eigenvalue weighted by Crippen LogP contribution is 2.32. The zero-order valence-corrected chi connectivity index (χ0v) is 19.1. The van der Waals surface area contributed by atoms with Crippen LogP contribution >= 0.6 is 0 Å². The average Bonchev–Trinajstić information content (AvgIpc) is 2.88. The van der Waals surface area contributed by atoms with E-state index < -0.39 is 5.41 Å². The summed E-state index contributed by atoms with van der Waals surface area (Å²) in [7, 11) is 0. The van der Waals surface area contributed by atoms with E-state index in [1.54, 1.807) is 12.3 Å². The third kappa shape index (κ3) is 4.02. The van der Waals surface area contributed by atoms with Crippen molar-refractivity contribution in [1.82, 2.24) is 15.3 Å². The van der Waals surface area contributed by atoms with E-state index in [0.717, 1.165) is 39.0 Å². The van der Waals surface area contributed by atoms with Crippen molar-refractivity contribution in [2.75, 3.05) is 6.61 Å². The summed E-state index contributed by atoms with van der Waals surface area (Å²) >= 11 is 0. The van der Waals surface area contributed by atoms with E-state index in [9.17, 15) is 10.1 Å². The second kappa shape index (κ2) is 8.69. The van der Waals surface area contributed by atoms with Gasteiger partial charge in [0.2, 0.25) is 0 Å². The number of carbonyl (C=O) groups excluding carboxylic acids is 1. The van der Waals surface area contributed by atoms with Gasteiger partial charge in [-0.1, -0.05) is 36.4 Å². The van der Waals surface area contributed by atoms with Gasteiger partial charge < -0.3 is 10.1 Å². The molecule has 0 fully saturated rings. The van der Waals surface area contributed by atoms with Gasteiger partial charge in [-0.25, -0.2) is 4.98 Å². The number of rotatable bonds is 4. The lowest BCUT2D eigenvalue weighted by Gasteiger charge is -2.30. The van der Waals surface area contributed by atoms with Gasteiger partial charge >= 0.3 is 0 Å². The summed E-state index contributed by atoms with van der Waals surface area (Å²) in [6, 6.07) is 23.4. The van der Waals surface area contributed by atoms with Crippen LogP contribution in [0.4, 0.5) is 0 Å². The maximum atomic E-state index is 13.0. The molecule has 0 bridgehead atoms. The highest BCUT2D eigenvalue weighted by molar-refractivity contribution is 5.95. The molecule has 2 atom stereocenters. The van der Waals surface area contributed by atoms with Crippen LogP contribution in [0.3, 0.4) is 0 Å². The summed E-state index contributed by atoms with van der Waals surface area (Å²) in [6.07, 6.45) is 1.78. The van der Waals surface area contributed by atoms with Gasteiger partial charge in [-0.05, 0) is 55.3 Å². The van der Waals surface area contributed by atoms with E-state index >= 15 is 0 Å². The zero-order valence-electron chi connectivity index (χ0n) is 19.1. The van der Waals surface area contributed by atoms with Crippen LogP contribution in [0.1, 0.15) is 47.1 Å². The standard InChI is InChI=1S/C28H24N4O2/c1-18(31-27(33)20-8-9-22-15-34-17-28(2,16-29)23(22)12-20)25-13-26-21(14-30-25)10-11-24(32-26)19-6-4-3-5-7-19/h3-14,18H,15,17H2,1-2H3,(H,31,33)/t18-,28+/m0/s1. The zero-order chi connectivity index (χ0) is 23.7. The second-order valence-corrected chi connectivity index (χ2v) is 8.87. The number of hydrogen-bond acceptors (Lipinski definition) is 5. The molecule has 6 heteroatoms. The summed E-state index contributed by atoms with van der Waals surface area (Å²) in [4.78, 5) is 22.4. The highest BCUT2D eigenvalue weighted by Gasteiger charge is 2.33. The normalized spacial score (nSPS) is 18.0. The molecule has 4 aromatic rings. The molecule has 1 N–H and O–H groups in total. The predicted octanol–water partition coefficient (Wildman–Crippen LogP) is 5.10. The minimum Gasteiger partial charge on any atom is -0.375 e. The smallest absolute Gasteiger partial charge is 0.251 e. The van der Waals surface area contributed by atoms with Gasteiger partial charge in [0, 0.05) is 22.7 Å². The number of nitrogens with zero attached hydrogens (tertiary/aromatic N) is 3. The number of pyridine rings is 2. The molecular weight excluding hydrogens is 424 g/mol. The monoisotopic (exact) mass is 448 g/mol. The summed E-state index contributed by atoms with van der Waals surface area (Å²) < 4.78 is 5.56. The van der Waals surface area contributed by atoms with Crippen molar-refractivity contribution in [2.24, 2.45) is 0 Å². The molecular formula is C28H24N4O2. The molecule has 1 aliphatic rings. The second-order valence-electron chi connectivity index (χ2n) is 8.87. The largest absolute Gasteiger partial charge is 0.375 e. The Labute approximate surface area is 198 Å². The lowest BCUT2D eigenvalue weighted by Crippen LogP contribution is -2.33. The van der Waals surface area contributed by atoms with Gasteiger partial charge in [-0.2, -0.15) is 5.26 Å². The Bertz CT molecular complexity index is 1430. The van der Waals surface area contributed by atoms with E-state index in [1.165, 1.54) is 0 Å². The predicted molar refractivity (Wildman–Crippen MR) is 130 cm³/mol. The fourth-order valence-corrected chi connectivity index (χ4v) is 4.28. The Hall–Kier alpha value is -4.08. The quantitative estimate of drug-likeness (QED) is 0.469. The van der Waals surface area contributed by atoms with Crippen LogP contribution in [0, 0.1) is 11.3 Å². The maximum Gasteiger partial charge on any atom is 0.251 e. The Morgan fingerprint density at radius 2 is 1.97 bits per heavy atom. The number of amides is 1. The first-order valence-corrected chi connectivity index (χ1v) is 11.2. The van der Waals surface area contributed by atoms with Gasteiger partial charge in [0.15, 0.2) is 0 Å². The maximum absolute atomic E-state index is 13.0. The summed E-state index contributed by atoms with van der Waals surface area (Å²) in [6.45, 7) is 4.50. The number of benzene rings is 2. The summed E-state index contributed by atoms with van der Waals surface area (Å²) in [5, 5.41) is 13.6. The van der Waals surface area contributed by atoms with Crippen LogP contribution in [0.2, 0.25) is 0 Å². The molecule has 1 amide bonds. The molecule has 3 heterocycles. The van der Waals surface area contributed by atoms with E-state index in [1.807, 2.05) is 74.5 Å². The van der Waals surface area contributed by atoms with E-state index in [0.29, 0.717) is 18.8 Å². The Balaban J connectivity index is 1.39. The third-order valence-corrected chi connectivity index (χ3v) is 6.32. The number of ether oxygens (including phenoxy) is 1. The molecule has 5 rings (SSSR count). The molecule has 2 aromatic carbocycles. The molecule has 1 aliphatic heterocycles. The van der Waals surface area contributed by atoms with Crippen LogP contribution in [0.15, 0.2) is 72.9 Å². The van der Waals surface area contributed by atoms with Crippen molar-refractivity contribution in [2.45, 2.75) is 31.9 Å². The number of hydrogen-bond donors (Lipinski definition) is 1. The van der Waals surface area contributed by atoms with Crippen molar-refractivity contribution >= 4 is 16.8 Å². The Morgan fingerprint density at radius 3 is 2.76 bits per heavy atom. The summed E-state index contributed by atoms with van der Waals surface area (Å²) in [5.41, 5.74) is 5.03. The van der Waals surface area contributed by atoms with E-state index in [4.69, 9.17) is 9.72 Å². The Kier molecular flexibility index (Phi) is 5.56. The molecule has 34 heavy (non-hydrogen) atoms. The molecule has 0 aliphatic carbocycles. The molecule has 0 radical (unpaired) electrons. The minimum atomic E-state index is -0.766. The van der Waals surface area contributed by atoms with Crippen LogP contribution < -0.4 is 5.32 Å². The van der Waals surface area contributed by atoms with Crippen LogP contribution in [0.25, 0.3) is 22.2 Å². The fourth-order valence-electron chi connectivity index (χ4n) is 4.28. The average molecular weight is 449 g/mol. The van der Waals surface area contributed by atoms with Gasteiger partial charge in [0.05, 0.1) is 42.2 Å². The van der Waals surface area contributed by atoms with E-state index in [-0.39, 0.29) is 11.9 Å². The first kappa shape index (κ1) is 21.7. The number of nitriles is 1. The van der Waals surface area contributed by atoms with Gasteiger partial charge in [0.25, 0.3) is 5.91 Å². The van der Waals surface area contributed by atoms with Gasteiger partial charge in [-0.15, -0.1) is 0 Å². The lowest BCUT2D eigenvalue weighted by atomic mass is 9.79. The number of carbonyl (C=O) groups is 1. The number of aromatic nitrogens is 2. The van der Waals surface area contributed by atoms with Crippen molar-refractivity contribution in [3.63, 3.8) is 0 Å². The van der Waals surface area contributed by atoms with Crippen molar-refractivity contribution in [3.05, 3.63) is 95.3 Å². The van der Waals surface area contributed by atoms with E-state index in [2.05, 4.69) is 16.4 Å². The first-order chi connectivity index (χ1) is 16.5. The molecule has 168 valence electrons. The van der Waals surface area contributed by atoms with Crippen LogP contribution in [0.5, 0.6) is 0 Å².